The van der Waals surface area contributed by atoms with Crippen molar-refractivity contribution in [2.75, 3.05) is 39.8 Å². The van der Waals surface area contributed by atoms with Crippen LogP contribution in [0.2, 0.25) is 0 Å². The van der Waals surface area contributed by atoms with Crippen LogP contribution < -0.4 is 24.8 Å². The first-order chi connectivity index (χ1) is 14.6. The van der Waals surface area contributed by atoms with Gasteiger partial charge in [0.15, 0.2) is 0 Å². The molecule has 1 aliphatic rings. The van der Waals surface area contributed by atoms with E-state index in [0.29, 0.717) is 35.3 Å². The maximum Gasteiger partial charge on any atom is 0.258 e. The third-order valence-corrected chi connectivity index (χ3v) is 4.66. The van der Waals surface area contributed by atoms with E-state index in [4.69, 9.17) is 18.9 Å². The molecule has 3 rings (SSSR count). The van der Waals surface area contributed by atoms with Crippen molar-refractivity contribution in [1.82, 2.24) is 5.32 Å². The minimum absolute atomic E-state index is 0.0564. The highest BCUT2D eigenvalue weighted by Crippen LogP contribution is 2.22. The summed E-state index contributed by atoms with van der Waals surface area (Å²) in [5, 5.41) is 5.99. The number of guanidine groups is 1. The Kier molecular flexibility index (Phi) is 7.51. The number of anilines is 1. The number of amides is 1. The Labute approximate surface area is 176 Å². The summed E-state index contributed by atoms with van der Waals surface area (Å²) in [4.78, 5) is 17.5. The van der Waals surface area contributed by atoms with E-state index < -0.39 is 0 Å². The van der Waals surface area contributed by atoms with Crippen molar-refractivity contribution in [3.63, 3.8) is 0 Å². The molecule has 2 aromatic rings. The van der Waals surface area contributed by atoms with E-state index in [1.807, 2.05) is 24.3 Å². The first-order valence-corrected chi connectivity index (χ1v) is 9.73. The van der Waals surface area contributed by atoms with Crippen LogP contribution >= 0.6 is 0 Å². The number of methoxy groups -OCH3 is 3. The van der Waals surface area contributed by atoms with Gasteiger partial charge in [-0.2, -0.15) is 0 Å². The molecule has 1 unspecified atom stereocenters. The predicted octanol–water partition coefficient (Wildman–Crippen LogP) is 3.09. The number of hydrogen-bond acceptors (Lipinski definition) is 6. The van der Waals surface area contributed by atoms with Gasteiger partial charge in [0.1, 0.15) is 17.2 Å². The average molecular weight is 413 g/mol. The van der Waals surface area contributed by atoms with Gasteiger partial charge < -0.3 is 24.3 Å². The number of hydrogen-bond donors (Lipinski definition) is 2. The lowest BCUT2D eigenvalue weighted by atomic mass is 10.2. The first kappa shape index (κ1) is 21.4. The highest BCUT2D eigenvalue weighted by molar-refractivity contribution is 6.10. The van der Waals surface area contributed by atoms with E-state index in [1.165, 1.54) is 14.2 Å². The quantitative estimate of drug-likeness (QED) is 0.536. The summed E-state index contributed by atoms with van der Waals surface area (Å²) < 4.78 is 21.4. The number of aliphatic imine (C=N–C) groups is 1. The molecule has 2 N–H and O–H groups in total. The number of rotatable bonds is 7. The molecule has 8 nitrogen and oxygen atoms in total. The Morgan fingerprint density at radius 3 is 2.43 bits per heavy atom. The van der Waals surface area contributed by atoms with Crippen LogP contribution in [-0.2, 0) is 4.74 Å². The van der Waals surface area contributed by atoms with E-state index in [9.17, 15) is 4.79 Å². The zero-order valence-corrected chi connectivity index (χ0v) is 17.4. The third-order valence-electron chi connectivity index (χ3n) is 4.66. The number of carbonyl (C=O) groups excluding carboxylic acids is 1. The van der Waals surface area contributed by atoms with Crippen molar-refractivity contribution in [3.8, 4) is 17.2 Å². The van der Waals surface area contributed by atoms with Crippen molar-refractivity contribution < 1.29 is 23.7 Å². The predicted molar refractivity (Wildman–Crippen MR) is 115 cm³/mol. The number of ether oxygens (including phenoxy) is 4. The zero-order chi connectivity index (χ0) is 21.3. The fraction of sp³-hybridized carbons (Fsp3) is 0.364. The lowest BCUT2D eigenvalue weighted by Crippen LogP contribution is -2.36. The van der Waals surface area contributed by atoms with Gasteiger partial charge in [-0.25, -0.2) is 4.99 Å². The van der Waals surface area contributed by atoms with Crippen molar-refractivity contribution in [2.24, 2.45) is 4.99 Å². The summed E-state index contributed by atoms with van der Waals surface area (Å²) in [6.07, 6.45) is 2.03. The highest BCUT2D eigenvalue weighted by atomic mass is 16.5. The van der Waals surface area contributed by atoms with E-state index in [2.05, 4.69) is 15.6 Å². The second-order valence-corrected chi connectivity index (χ2v) is 6.74. The first-order valence-electron chi connectivity index (χ1n) is 9.73. The zero-order valence-electron chi connectivity index (χ0n) is 17.4. The van der Waals surface area contributed by atoms with Gasteiger partial charge in [0, 0.05) is 30.0 Å². The van der Waals surface area contributed by atoms with Crippen LogP contribution in [0.4, 0.5) is 5.69 Å². The van der Waals surface area contributed by atoms with E-state index in [0.717, 1.165) is 25.1 Å². The van der Waals surface area contributed by atoms with E-state index in [-0.39, 0.29) is 12.0 Å². The van der Waals surface area contributed by atoms with E-state index >= 15 is 0 Å². The molecular weight excluding hydrogens is 386 g/mol. The fourth-order valence-corrected chi connectivity index (χ4v) is 3.05. The van der Waals surface area contributed by atoms with Crippen LogP contribution in [0.25, 0.3) is 0 Å². The monoisotopic (exact) mass is 413 g/mol. The summed E-state index contributed by atoms with van der Waals surface area (Å²) in [5.74, 6) is 1.73. The Bertz CT molecular complexity index is 872. The average Bonchev–Trinajstić information content (AvgIpc) is 3.30. The van der Waals surface area contributed by atoms with Gasteiger partial charge >= 0.3 is 0 Å². The summed E-state index contributed by atoms with van der Waals surface area (Å²) in [5.41, 5.74) is 1.13. The normalized spacial score (nSPS) is 16.1. The molecule has 1 atom stereocenters. The molecule has 1 fully saturated rings. The Hall–Kier alpha value is -3.26. The third kappa shape index (κ3) is 5.87. The molecule has 160 valence electrons. The molecule has 0 aromatic heterocycles. The number of carbonyl (C=O) groups is 1. The van der Waals surface area contributed by atoms with Gasteiger partial charge in [-0.15, -0.1) is 0 Å². The van der Waals surface area contributed by atoms with Crippen molar-refractivity contribution in [2.45, 2.75) is 18.9 Å². The van der Waals surface area contributed by atoms with Crippen LogP contribution in [0.1, 0.15) is 23.2 Å². The molecule has 8 heteroatoms. The van der Waals surface area contributed by atoms with Crippen molar-refractivity contribution >= 4 is 17.6 Å². The standard InChI is InChI=1S/C22H27N3O5/c1-27-17-7-4-6-16(12-17)24-22(23-14-18-8-5-9-30-18)25-21(26)15-10-19(28-2)13-20(11-15)29-3/h4,6-7,10-13,18H,5,8-9,14H2,1-3H3,(H2,23,24,25,26). The van der Waals surface area contributed by atoms with Gasteiger partial charge in [0.2, 0.25) is 5.96 Å². The Balaban J connectivity index is 1.80. The number of benzene rings is 2. The SMILES string of the molecule is COc1cccc(NC(=NCC2CCCO2)NC(=O)c2cc(OC)cc(OC)c2)c1. The van der Waals surface area contributed by atoms with Crippen LogP contribution in [0.3, 0.4) is 0 Å². The molecule has 0 bridgehead atoms. The van der Waals surface area contributed by atoms with Crippen LogP contribution in [0.15, 0.2) is 47.5 Å². The molecule has 2 aromatic carbocycles. The maximum atomic E-state index is 12.9. The van der Waals surface area contributed by atoms with Crippen LogP contribution in [-0.4, -0.2) is 52.5 Å². The minimum Gasteiger partial charge on any atom is -0.497 e. The molecule has 30 heavy (non-hydrogen) atoms. The highest BCUT2D eigenvalue weighted by Gasteiger charge is 2.17. The van der Waals surface area contributed by atoms with Crippen LogP contribution in [0, 0.1) is 0 Å². The number of nitrogens with one attached hydrogen (secondary N) is 2. The second kappa shape index (κ2) is 10.5. The van der Waals surface area contributed by atoms with Gasteiger partial charge in [-0.05, 0) is 37.1 Å². The number of nitrogens with zero attached hydrogens (tertiary/aromatic N) is 1. The summed E-state index contributed by atoms with van der Waals surface area (Å²) in [6.45, 7) is 1.20. The lowest BCUT2D eigenvalue weighted by Gasteiger charge is -2.14. The molecular formula is C22H27N3O5. The molecule has 1 aliphatic heterocycles. The van der Waals surface area contributed by atoms with Gasteiger partial charge in [-0.1, -0.05) is 6.07 Å². The maximum absolute atomic E-state index is 12.9. The Morgan fingerprint density at radius 1 is 1.07 bits per heavy atom. The second-order valence-electron chi connectivity index (χ2n) is 6.74. The summed E-state index contributed by atoms with van der Waals surface area (Å²) in [6, 6.07) is 12.4. The van der Waals surface area contributed by atoms with Gasteiger partial charge in [-0.3, -0.25) is 10.1 Å². The molecule has 0 radical (unpaired) electrons. The smallest absolute Gasteiger partial charge is 0.258 e. The van der Waals surface area contributed by atoms with Gasteiger partial charge in [0.05, 0.1) is 34.0 Å². The fourth-order valence-electron chi connectivity index (χ4n) is 3.05. The summed E-state index contributed by atoms with van der Waals surface area (Å²) >= 11 is 0. The molecule has 0 aliphatic carbocycles. The van der Waals surface area contributed by atoms with Crippen molar-refractivity contribution in [3.05, 3.63) is 48.0 Å². The molecule has 0 saturated carbocycles. The lowest BCUT2D eigenvalue weighted by molar-refractivity contribution is 0.0975. The largest absolute Gasteiger partial charge is 0.497 e. The topological polar surface area (TPSA) is 90.4 Å². The van der Waals surface area contributed by atoms with Crippen molar-refractivity contribution in [1.29, 1.82) is 0 Å². The summed E-state index contributed by atoms with van der Waals surface area (Å²) in [7, 11) is 4.67. The van der Waals surface area contributed by atoms with E-state index in [1.54, 1.807) is 25.3 Å². The van der Waals surface area contributed by atoms with Gasteiger partial charge in [0.25, 0.3) is 5.91 Å². The molecule has 1 saturated heterocycles. The minimum atomic E-state index is -0.339. The van der Waals surface area contributed by atoms with Crippen LogP contribution in [0.5, 0.6) is 17.2 Å². The Morgan fingerprint density at radius 2 is 1.80 bits per heavy atom. The molecule has 1 heterocycles. The molecule has 0 spiro atoms. The molecule has 1 amide bonds.